The van der Waals surface area contributed by atoms with Crippen molar-refractivity contribution in [1.29, 1.82) is 0 Å². The van der Waals surface area contributed by atoms with Gasteiger partial charge in [0.05, 0.1) is 13.2 Å². The minimum absolute atomic E-state index is 0.121. The minimum Gasteiger partial charge on any atom is -0.392 e. The molecule has 1 aromatic rings. The van der Waals surface area contributed by atoms with Crippen LogP contribution in [-0.2, 0) is 17.9 Å². The Hall–Kier alpha value is -0.900. The molecule has 0 saturated heterocycles. The third-order valence-corrected chi connectivity index (χ3v) is 3.24. The second-order valence-corrected chi connectivity index (χ2v) is 4.67. The summed E-state index contributed by atoms with van der Waals surface area (Å²) in [6.45, 7) is 2.91. The van der Waals surface area contributed by atoms with E-state index in [2.05, 4.69) is 17.0 Å². The molecule has 0 spiro atoms. The van der Waals surface area contributed by atoms with Gasteiger partial charge in [-0.1, -0.05) is 24.3 Å². The van der Waals surface area contributed by atoms with Crippen LogP contribution in [0.5, 0.6) is 0 Å². The van der Waals surface area contributed by atoms with Gasteiger partial charge in [0.2, 0.25) is 0 Å². The summed E-state index contributed by atoms with van der Waals surface area (Å²) in [6.07, 6.45) is 2.64. The van der Waals surface area contributed by atoms with Gasteiger partial charge in [0.1, 0.15) is 0 Å². The summed E-state index contributed by atoms with van der Waals surface area (Å²) in [5.74, 6) is 0. The van der Waals surface area contributed by atoms with Crippen LogP contribution >= 0.6 is 0 Å². The Labute approximate surface area is 103 Å². The predicted octanol–water partition coefficient (Wildman–Crippen LogP) is 1.79. The van der Waals surface area contributed by atoms with Crippen molar-refractivity contribution < 1.29 is 9.84 Å². The zero-order valence-corrected chi connectivity index (χ0v) is 10.4. The van der Waals surface area contributed by atoms with Gasteiger partial charge in [0.25, 0.3) is 0 Å². The SMILES string of the molecule is COCCN(Cc1ccc(CO)cc1)C1CC1. The van der Waals surface area contributed by atoms with E-state index in [1.165, 1.54) is 18.4 Å². The maximum absolute atomic E-state index is 9.00. The molecule has 0 heterocycles. The van der Waals surface area contributed by atoms with Crippen LogP contribution in [0.15, 0.2) is 24.3 Å². The third kappa shape index (κ3) is 3.80. The van der Waals surface area contributed by atoms with Gasteiger partial charge in [-0.05, 0) is 24.0 Å². The van der Waals surface area contributed by atoms with Crippen molar-refractivity contribution in [2.24, 2.45) is 0 Å². The van der Waals surface area contributed by atoms with Gasteiger partial charge in [-0.3, -0.25) is 4.90 Å². The lowest BCUT2D eigenvalue weighted by Crippen LogP contribution is -2.29. The van der Waals surface area contributed by atoms with E-state index in [9.17, 15) is 0 Å². The first-order chi connectivity index (χ1) is 8.33. The average Bonchev–Trinajstić information content (AvgIpc) is 3.19. The third-order valence-electron chi connectivity index (χ3n) is 3.24. The van der Waals surface area contributed by atoms with Crippen molar-refractivity contribution in [1.82, 2.24) is 4.90 Å². The molecule has 1 aliphatic carbocycles. The van der Waals surface area contributed by atoms with Crippen molar-refractivity contribution in [3.8, 4) is 0 Å². The molecular weight excluding hydrogens is 214 g/mol. The number of methoxy groups -OCH3 is 1. The first-order valence-corrected chi connectivity index (χ1v) is 6.25. The molecule has 3 heteroatoms. The zero-order valence-electron chi connectivity index (χ0n) is 10.4. The quantitative estimate of drug-likeness (QED) is 0.782. The number of benzene rings is 1. The smallest absolute Gasteiger partial charge is 0.0681 e. The maximum Gasteiger partial charge on any atom is 0.0681 e. The van der Waals surface area contributed by atoms with E-state index in [4.69, 9.17) is 9.84 Å². The number of ether oxygens (including phenoxy) is 1. The Balaban J connectivity index is 1.91. The van der Waals surface area contributed by atoms with E-state index in [-0.39, 0.29) is 6.61 Å². The second kappa shape index (κ2) is 6.15. The average molecular weight is 235 g/mol. The summed E-state index contributed by atoms with van der Waals surface area (Å²) >= 11 is 0. The van der Waals surface area contributed by atoms with Gasteiger partial charge < -0.3 is 9.84 Å². The van der Waals surface area contributed by atoms with Crippen LogP contribution in [0.3, 0.4) is 0 Å². The summed E-state index contributed by atoms with van der Waals surface area (Å²) in [7, 11) is 1.75. The molecule has 0 bridgehead atoms. The summed E-state index contributed by atoms with van der Waals surface area (Å²) in [5.41, 5.74) is 2.29. The van der Waals surface area contributed by atoms with E-state index >= 15 is 0 Å². The van der Waals surface area contributed by atoms with Crippen molar-refractivity contribution >= 4 is 0 Å². The van der Waals surface area contributed by atoms with Crippen molar-refractivity contribution in [2.75, 3.05) is 20.3 Å². The van der Waals surface area contributed by atoms with Crippen LogP contribution in [0.25, 0.3) is 0 Å². The highest BCUT2D eigenvalue weighted by Crippen LogP contribution is 2.28. The molecule has 0 aliphatic heterocycles. The number of aliphatic hydroxyl groups excluding tert-OH is 1. The Morgan fingerprint density at radius 2 is 1.88 bits per heavy atom. The van der Waals surface area contributed by atoms with Crippen molar-refractivity contribution in [3.05, 3.63) is 35.4 Å². The fraction of sp³-hybridized carbons (Fsp3) is 0.571. The molecule has 94 valence electrons. The topological polar surface area (TPSA) is 32.7 Å². The van der Waals surface area contributed by atoms with Gasteiger partial charge in [-0.2, -0.15) is 0 Å². The van der Waals surface area contributed by atoms with Crippen LogP contribution in [0, 0.1) is 0 Å². The zero-order chi connectivity index (χ0) is 12.1. The first kappa shape index (κ1) is 12.6. The van der Waals surface area contributed by atoms with Crippen molar-refractivity contribution in [3.63, 3.8) is 0 Å². The standard InChI is InChI=1S/C14H21NO2/c1-17-9-8-15(14-6-7-14)10-12-2-4-13(11-16)5-3-12/h2-5,14,16H,6-11H2,1H3. The summed E-state index contributed by atoms with van der Waals surface area (Å²) in [5, 5.41) is 9.00. The van der Waals surface area contributed by atoms with Gasteiger partial charge in [-0.25, -0.2) is 0 Å². The number of hydrogen-bond acceptors (Lipinski definition) is 3. The molecule has 0 aromatic heterocycles. The van der Waals surface area contributed by atoms with E-state index < -0.39 is 0 Å². The summed E-state index contributed by atoms with van der Waals surface area (Å²) in [6, 6.07) is 8.96. The Morgan fingerprint density at radius 1 is 1.24 bits per heavy atom. The number of hydrogen-bond donors (Lipinski definition) is 1. The molecule has 17 heavy (non-hydrogen) atoms. The molecule has 1 saturated carbocycles. The summed E-state index contributed by atoms with van der Waals surface area (Å²) in [4.78, 5) is 2.48. The highest BCUT2D eigenvalue weighted by Gasteiger charge is 2.28. The second-order valence-electron chi connectivity index (χ2n) is 4.67. The van der Waals surface area contributed by atoms with Crippen LogP contribution in [0.4, 0.5) is 0 Å². The highest BCUT2D eigenvalue weighted by atomic mass is 16.5. The van der Waals surface area contributed by atoms with E-state index in [1.54, 1.807) is 7.11 Å². The fourth-order valence-electron chi connectivity index (χ4n) is 2.02. The first-order valence-electron chi connectivity index (χ1n) is 6.25. The summed E-state index contributed by atoms with van der Waals surface area (Å²) < 4.78 is 5.15. The maximum atomic E-state index is 9.00. The van der Waals surface area contributed by atoms with Gasteiger partial charge in [0, 0.05) is 26.2 Å². The highest BCUT2D eigenvalue weighted by molar-refractivity contribution is 5.22. The van der Waals surface area contributed by atoms with Crippen LogP contribution < -0.4 is 0 Å². The lowest BCUT2D eigenvalue weighted by Gasteiger charge is -2.21. The number of rotatable bonds is 7. The van der Waals surface area contributed by atoms with Gasteiger partial charge in [-0.15, -0.1) is 0 Å². The predicted molar refractivity (Wildman–Crippen MR) is 67.7 cm³/mol. The number of aliphatic hydroxyl groups is 1. The van der Waals surface area contributed by atoms with E-state index in [1.807, 2.05) is 12.1 Å². The normalized spacial score (nSPS) is 15.5. The lowest BCUT2D eigenvalue weighted by atomic mass is 10.1. The van der Waals surface area contributed by atoms with Crippen LogP contribution in [0.1, 0.15) is 24.0 Å². The Kier molecular flexibility index (Phi) is 4.54. The molecule has 0 atom stereocenters. The van der Waals surface area contributed by atoms with E-state index in [0.717, 1.165) is 31.3 Å². The van der Waals surface area contributed by atoms with Crippen molar-refractivity contribution in [2.45, 2.75) is 32.0 Å². The monoisotopic (exact) mass is 235 g/mol. The van der Waals surface area contributed by atoms with Gasteiger partial charge in [0.15, 0.2) is 0 Å². The molecule has 0 radical (unpaired) electrons. The largest absolute Gasteiger partial charge is 0.392 e. The molecule has 1 N–H and O–H groups in total. The fourth-order valence-corrected chi connectivity index (χ4v) is 2.02. The van der Waals surface area contributed by atoms with Gasteiger partial charge >= 0.3 is 0 Å². The molecule has 3 nitrogen and oxygen atoms in total. The lowest BCUT2D eigenvalue weighted by molar-refractivity contribution is 0.139. The Bertz CT molecular complexity index is 333. The molecule has 1 fully saturated rings. The molecule has 1 aliphatic rings. The molecule has 1 aromatic carbocycles. The molecule has 0 unspecified atom stereocenters. The minimum atomic E-state index is 0.121. The number of nitrogens with zero attached hydrogens (tertiary/aromatic N) is 1. The van der Waals surface area contributed by atoms with Crippen LogP contribution in [0.2, 0.25) is 0 Å². The van der Waals surface area contributed by atoms with E-state index in [0.29, 0.717) is 0 Å². The molecule has 2 rings (SSSR count). The molecular formula is C14H21NO2. The molecule has 0 amide bonds. The Morgan fingerprint density at radius 3 is 2.41 bits per heavy atom. The van der Waals surface area contributed by atoms with Crippen LogP contribution in [-0.4, -0.2) is 36.3 Å².